The van der Waals surface area contributed by atoms with E-state index in [0.29, 0.717) is 0 Å². The fraction of sp³-hybridized carbons (Fsp3) is 0.688. The van der Waals surface area contributed by atoms with E-state index >= 15 is 0 Å². The highest BCUT2D eigenvalue weighted by molar-refractivity contribution is 8.01. The van der Waals surface area contributed by atoms with Gasteiger partial charge in [-0.3, -0.25) is 4.99 Å². The molecule has 2 aliphatic rings. The van der Waals surface area contributed by atoms with Crippen molar-refractivity contribution in [3.05, 3.63) is 16.0 Å². The van der Waals surface area contributed by atoms with Gasteiger partial charge in [0.25, 0.3) is 0 Å². The predicted molar refractivity (Wildman–Crippen MR) is 91.5 cm³/mol. The fourth-order valence-corrected chi connectivity index (χ4v) is 5.18. The van der Waals surface area contributed by atoms with Gasteiger partial charge < -0.3 is 0 Å². The molecule has 0 bridgehead atoms. The molecule has 3 heteroatoms. The SMILES string of the molecule is CC.CC.CC1=NCCSc2sc3c(c21)CCCC3. The molecule has 0 atom stereocenters. The first-order valence-corrected chi connectivity index (χ1v) is 9.45. The molecular weight excluding hydrogens is 270 g/mol. The molecule has 108 valence electrons. The molecule has 0 radical (unpaired) electrons. The first-order valence-electron chi connectivity index (χ1n) is 7.65. The van der Waals surface area contributed by atoms with Gasteiger partial charge in [0.15, 0.2) is 0 Å². The molecule has 3 rings (SSSR count). The Morgan fingerprint density at radius 3 is 2.42 bits per heavy atom. The van der Waals surface area contributed by atoms with E-state index in [4.69, 9.17) is 0 Å². The second kappa shape index (κ2) is 8.80. The largest absolute Gasteiger partial charge is 0.288 e. The molecule has 1 aromatic heterocycles. The molecule has 1 nitrogen and oxygen atoms in total. The van der Waals surface area contributed by atoms with Gasteiger partial charge in [-0.15, -0.1) is 23.1 Å². The summed E-state index contributed by atoms with van der Waals surface area (Å²) in [7, 11) is 0. The monoisotopic (exact) mass is 297 g/mol. The molecule has 1 aromatic rings. The molecule has 1 aliphatic heterocycles. The van der Waals surface area contributed by atoms with Gasteiger partial charge in [0.2, 0.25) is 0 Å². The van der Waals surface area contributed by atoms with Gasteiger partial charge in [-0.05, 0) is 38.2 Å². The van der Waals surface area contributed by atoms with E-state index in [1.54, 1.807) is 14.6 Å². The summed E-state index contributed by atoms with van der Waals surface area (Å²) in [6.45, 7) is 11.2. The van der Waals surface area contributed by atoms with Crippen LogP contribution in [0.25, 0.3) is 0 Å². The van der Waals surface area contributed by atoms with E-state index < -0.39 is 0 Å². The highest BCUT2D eigenvalue weighted by Crippen LogP contribution is 2.41. The van der Waals surface area contributed by atoms with Crippen LogP contribution in [-0.2, 0) is 12.8 Å². The summed E-state index contributed by atoms with van der Waals surface area (Å²) < 4.78 is 1.54. The van der Waals surface area contributed by atoms with Gasteiger partial charge in [0.05, 0.1) is 4.21 Å². The van der Waals surface area contributed by atoms with Crippen LogP contribution in [-0.4, -0.2) is 18.0 Å². The summed E-state index contributed by atoms with van der Waals surface area (Å²) in [6.07, 6.45) is 5.34. The van der Waals surface area contributed by atoms with Crippen LogP contribution in [0.4, 0.5) is 0 Å². The van der Waals surface area contributed by atoms with E-state index in [0.717, 1.165) is 12.3 Å². The fourth-order valence-electron chi connectivity index (χ4n) is 2.44. The van der Waals surface area contributed by atoms with Gasteiger partial charge in [0.1, 0.15) is 0 Å². The number of hydrogen-bond donors (Lipinski definition) is 0. The predicted octanol–water partition coefficient (Wildman–Crippen LogP) is 5.59. The summed E-state index contributed by atoms with van der Waals surface area (Å²) in [5.41, 5.74) is 4.43. The summed E-state index contributed by atoms with van der Waals surface area (Å²) in [6, 6.07) is 0. The van der Waals surface area contributed by atoms with Crippen molar-refractivity contribution < 1.29 is 0 Å². The number of thiophene rings is 1. The Labute approximate surface area is 126 Å². The molecule has 19 heavy (non-hydrogen) atoms. The highest BCUT2D eigenvalue weighted by Gasteiger charge is 2.23. The Bertz CT molecular complexity index is 419. The van der Waals surface area contributed by atoms with Crippen molar-refractivity contribution in [3.8, 4) is 0 Å². The quantitative estimate of drug-likeness (QED) is 0.607. The van der Waals surface area contributed by atoms with E-state index in [1.807, 2.05) is 50.8 Å². The molecule has 0 saturated heterocycles. The van der Waals surface area contributed by atoms with Crippen LogP contribution in [0.3, 0.4) is 0 Å². The van der Waals surface area contributed by atoms with Crippen molar-refractivity contribution in [2.24, 2.45) is 4.99 Å². The minimum absolute atomic E-state index is 0.993. The average molecular weight is 298 g/mol. The number of nitrogens with zero attached hydrogens (tertiary/aromatic N) is 1. The highest BCUT2D eigenvalue weighted by atomic mass is 32.2. The zero-order valence-corrected chi connectivity index (χ0v) is 14.6. The number of aryl methyl sites for hydroxylation is 1. The van der Waals surface area contributed by atoms with Crippen molar-refractivity contribution in [2.45, 2.75) is 64.5 Å². The van der Waals surface area contributed by atoms with Crippen LogP contribution in [0.5, 0.6) is 0 Å². The summed E-state index contributed by atoms with van der Waals surface area (Å²) in [5, 5.41) is 0. The molecule has 0 amide bonds. The third kappa shape index (κ3) is 3.85. The van der Waals surface area contributed by atoms with Crippen molar-refractivity contribution in [3.63, 3.8) is 0 Å². The smallest absolute Gasteiger partial charge is 0.0695 e. The zero-order valence-electron chi connectivity index (χ0n) is 13.0. The minimum atomic E-state index is 0.993. The lowest BCUT2D eigenvalue weighted by molar-refractivity contribution is 0.696. The number of aliphatic imine (C=N–C) groups is 1. The first kappa shape index (κ1) is 16.8. The van der Waals surface area contributed by atoms with E-state index in [9.17, 15) is 0 Å². The molecule has 1 aliphatic carbocycles. The standard InChI is InChI=1S/C12H15NS2.2C2H6/c1-8-11-9-4-2-3-5-10(9)15-12(11)14-7-6-13-8;2*1-2/h2-7H2,1H3;2*1-2H3. The molecule has 0 N–H and O–H groups in total. The molecule has 0 unspecified atom stereocenters. The van der Waals surface area contributed by atoms with Crippen molar-refractivity contribution in [1.82, 2.24) is 0 Å². The normalized spacial score (nSPS) is 16.6. The van der Waals surface area contributed by atoms with Gasteiger partial charge in [0, 0.05) is 28.4 Å². The van der Waals surface area contributed by atoms with Gasteiger partial charge in [-0.25, -0.2) is 0 Å². The van der Waals surface area contributed by atoms with Crippen molar-refractivity contribution in [1.29, 1.82) is 0 Å². The van der Waals surface area contributed by atoms with Crippen molar-refractivity contribution >= 4 is 28.8 Å². The Morgan fingerprint density at radius 1 is 1.00 bits per heavy atom. The second-order valence-corrected chi connectivity index (χ2v) is 6.66. The van der Waals surface area contributed by atoms with Gasteiger partial charge in [-0.1, -0.05) is 27.7 Å². The maximum atomic E-state index is 4.65. The average Bonchev–Trinajstić information content (AvgIpc) is 2.76. The molecular formula is C16H27NS2. The summed E-state index contributed by atoms with van der Waals surface area (Å²) >= 11 is 4.05. The number of hydrogen-bond acceptors (Lipinski definition) is 3. The van der Waals surface area contributed by atoms with Crippen LogP contribution in [0.2, 0.25) is 0 Å². The van der Waals surface area contributed by atoms with Crippen LogP contribution in [0.1, 0.15) is 63.5 Å². The van der Waals surface area contributed by atoms with Crippen molar-refractivity contribution in [2.75, 3.05) is 12.3 Å². The third-order valence-electron chi connectivity index (χ3n) is 3.17. The van der Waals surface area contributed by atoms with Crippen LogP contribution >= 0.6 is 23.1 Å². The molecule has 0 spiro atoms. The minimum Gasteiger partial charge on any atom is -0.288 e. The molecule has 2 heterocycles. The van der Waals surface area contributed by atoms with Gasteiger partial charge in [-0.2, -0.15) is 0 Å². The van der Waals surface area contributed by atoms with Crippen LogP contribution < -0.4 is 0 Å². The van der Waals surface area contributed by atoms with E-state index in [1.165, 1.54) is 37.0 Å². The number of thioether (sulfide) groups is 1. The Morgan fingerprint density at radius 2 is 1.68 bits per heavy atom. The molecule has 0 saturated carbocycles. The Balaban J connectivity index is 0.000000415. The lowest BCUT2D eigenvalue weighted by Crippen LogP contribution is -2.04. The summed E-state index contributed by atoms with van der Waals surface area (Å²) in [5.74, 6) is 1.16. The molecule has 0 fully saturated rings. The topological polar surface area (TPSA) is 12.4 Å². The lowest BCUT2D eigenvalue weighted by Gasteiger charge is -2.12. The van der Waals surface area contributed by atoms with E-state index in [-0.39, 0.29) is 0 Å². The van der Waals surface area contributed by atoms with Crippen LogP contribution in [0.15, 0.2) is 9.20 Å². The number of rotatable bonds is 0. The Kier molecular flexibility index (Phi) is 7.77. The first-order chi connectivity index (χ1) is 9.36. The lowest BCUT2D eigenvalue weighted by atomic mass is 9.94. The summed E-state index contributed by atoms with van der Waals surface area (Å²) in [4.78, 5) is 6.30. The van der Waals surface area contributed by atoms with Crippen LogP contribution in [0, 0.1) is 0 Å². The molecule has 0 aromatic carbocycles. The maximum Gasteiger partial charge on any atom is 0.0695 e. The Hall–Kier alpha value is -0.280. The maximum absolute atomic E-state index is 4.65. The number of fused-ring (bicyclic) bond motifs is 3. The van der Waals surface area contributed by atoms with E-state index in [2.05, 4.69) is 11.9 Å². The second-order valence-electron chi connectivity index (χ2n) is 4.19. The zero-order chi connectivity index (χ0) is 14.3. The van der Waals surface area contributed by atoms with Gasteiger partial charge >= 0.3 is 0 Å². The third-order valence-corrected chi connectivity index (χ3v) is 5.72.